The SMILES string of the molecule is COCC(C)N(C)C1CNC1. The quantitative estimate of drug-likeness (QED) is 0.619. The number of likely N-dealkylation sites (N-methyl/N-ethyl adjacent to an activating group) is 1. The maximum atomic E-state index is 5.08. The lowest BCUT2D eigenvalue weighted by molar-refractivity contribution is 0.0706. The molecule has 1 fully saturated rings. The second kappa shape index (κ2) is 4.04. The van der Waals surface area contributed by atoms with E-state index in [1.165, 1.54) is 0 Å². The lowest BCUT2D eigenvalue weighted by atomic mass is 10.1. The highest BCUT2D eigenvalue weighted by molar-refractivity contribution is 4.85. The van der Waals surface area contributed by atoms with Gasteiger partial charge in [-0.05, 0) is 14.0 Å². The fourth-order valence-electron chi connectivity index (χ4n) is 1.28. The molecule has 1 atom stereocenters. The molecule has 1 aliphatic rings. The topological polar surface area (TPSA) is 24.5 Å². The Labute approximate surface area is 68.7 Å². The van der Waals surface area contributed by atoms with Crippen LogP contribution in [0.2, 0.25) is 0 Å². The molecule has 1 aliphatic heterocycles. The van der Waals surface area contributed by atoms with Crippen molar-refractivity contribution in [1.29, 1.82) is 0 Å². The third kappa shape index (κ3) is 2.15. The van der Waals surface area contributed by atoms with E-state index in [4.69, 9.17) is 4.74 Å². The molecule has 0 amide bonds. The second-order valence-electron chi connectivity index (χ2n) is 3.28. The number of rotatable bonds is 4. The van der Waals surface area contributed by atoms with Gasteiger partial charge in [-0.3, -0.25) is 4.90 Å². The van der Waals surface area contributed by atoms with Gasteiger partial charge in [0, 0.05) is 32.3 Å². The van der Waals surface area contributed by atoms with Crippen LogP contribution in [0.25, 0.3) is 0 Å². The van der Waals surface area contributed by atoms with E-state index in [0.717, 1.165) is 25.7 Å². The predicted molar refractivity (Wildman–Crippen MR) is 45.8 cm³/mol. The molecule has 1 rings (SSSR count). The van der Waals surface area contributed by atoms with Gasteiger partial charge in [-0.15, -0.1) is 0 Å². The summed E-state index contributed by atoms with van der Waals surface area (Å²) in [6.45, 7) is 5.28. The van der Waals surface area contributed by atoms with Crippen molar-refractivity contribution >= 4 is 0 Å². The summed E-state index contributed by atoms with van der Waals surface area (Å²) in [6.07, 6.45) is 0. The third-order valence-electron chi connectivity index (χ3n) is 2.44. The summed E-state index contributed by atoms with van der Waals surface area (Å²) in [6, 6.07) is 1.26. The highest BCUT2D eigenvalue weighted by atomic mass is 16.5. The Bertz CT molecular complexity index is 115. The number of hydrogen-bond donors (Lipinski definition) is 1. The summed E-state index contributed by atoms with van der Waals surface area (Å²) >= 11 is 0. The summed E-state index contributed by atoms with van der Waals surface area (Å²) < 4.78 is 5.08. The van der Waals surface area contributed by atoms with Crippen LogP contribution in [0.5, 0.6) is 0 Å². The van der Waals surface area contributed by atoms with Gasteiger partial charge in [0.1, 0.15) is 0 Å². The minimum atomic E-state index is 0.534. The van der Waals surface area contributed by atoms with Crippen LogP contribution in [0.1, 0.15) is 6.92 Å². The Morgan fingerprint density at radius 2 is 2.27 bits per heavy atom. The van der Waals surface area contributed by atoms with E-state index in [1.54, 1.807) is 7.11 Å². The molecular formula is C8H18N2O. The highest BCUT2D eigenvalue weighted by Gasteiger charge is 2.24. The van der Waals surface area contributed by atoms with Crippen LogP contribution in [0.3, 0.4) is 0 Å². The second-order valence-corrected chi connectivity index (χ2v) is 3.28. The molecule has 0 aromatic heterocycles. The Balaban J connectivity index is 2.21. The largest absolute Gasteiger partial charge is 0.383 e. The predicted octanol–water partition coefficient (Wildman–Crippen LogP) is -0.0751. The third-order valence-corrected chi connectivity index (χ3v) is 2.44. The first-order valence-electron chi connectivity index (χ1n) is 4.17. The molecule has 66 valence electrons. The fourth-order valence-corrected chi connectivity index (χ4v) is 1.28. The van der Waals surface area contributed by atoms with Crippen LogP contribution in [-0.4, -0.2) is 50.8 Å². The zero-order chi connectivity index (χ0) is 8.27. The van der Waals surface area contributed by atoms with Crippen molar-refractivity contribution in [3.8, 4) is 0 Å². The Morgan fingerprint density at radius 3 is 2.64 bits per heavy atom. The first-order valence-corrected chi connectivity index (χ1v) is 4.17. The number of ether oxygens (including phenoxy) is 1. The lowest BCUT2D eigenvalue weighted by Crippen LogP contribution is -2.58. The normalized spacial score (nSPS) is 21.8. The molecule has 0 aromatic rings. The van der Waals surface area contributed by atoms with Gasteiger partial charge < -0.3 is 10.1 Å². The number of methoxy groups -OCH3 is 1. The Morgan fingerprint density at radius 1 is 1.64 bits per heavy atom. The van der Waals surface area contributed by atoms with Crippen LogP contribution in [-0.2, 0) is 4.74 Å². The molecule has 0 spiro atoms. The molecule has 1 unspecified atom stereocenters. The van der Waals surface area contributed by atoms with Crippen LogP contribution in [0, 0.1) is 0 Å². The van der Waals surface area contributed by atoms with Gasteiger partial charge in [-0.25, -0.2) is 0 Å². The van der Waals surface area contributed by atoms with Crippen LogP contribution in [0.15, 0.2) is 0 Å². The smallest absolute Gasteiger partial charge is 0.0615 e. The van der Waals surface area contributed by atoms with Crippen LogP contribution >= 0.6 is 0 Å². The van der Waals surface area contributed by atoms with E-state index in [0.29, 0.717) is 6.04 Å². The molecule has 0 aliphatic carbocycles. The van der Waals surface area contributed by atoms with Crippen molar-refractivity contribution in [2.24, 2.45) is 0 Å². The minimum absolute atomic E-state index is 0.534. The summed E-state index contributed by atoms with van der Waals surface area (Å²) in [5.74, 6) is 0. The van der Waals surface area contributed by atoms with Crippen LogP contribution in [0.4, 0.5) is 0 Å². The summed E-state index contributed by atoms with van der Waals surface area (Å²) in [5.41, 5.74) is 0. The van der Waals surface area contributed by atoms with Gasteiger partial charge in [0.2, 0.25) is 0 Å². The van der Waals surface area contributed by atoms with E-state index >= 15 is 0 Å². The molecule has 1 N–H and O–H groups in total. The molecule has 3 heteroatoms. The molecule has 11 heavy (non-hydrogen) atoms. The summed E-state index contributed by atoms with van der Waals surface area (Å²) in [4.78, 5) is 2.38. The van der Waals surface area contributed by atoms with E-state index in [-0.39, 0.29) is 0 Å². The van der Waals surface area contributed by atoms with Gasteiger partial charge in [0.05, 0.1) is 6.61 Å². The van der Waals surface area contributed by atoms with E-state index in [2.05, 4.69) is 24.2 Å². The maximum Gasteiger partial charge on any atom is 0.0615 e. The Hall–Kier alpha value is -0.120. The summed E-state index contributed by atoms with van der Waals surface area (Å²) in [5, 5.41) is 3.26. The maximum absolute atomic E-state index is 5.08. The number of hydrogen-bond acceptors (Lipinski definition) is 3. The van der Waals surface area contributed by atoms with E-state index < -0.39 is 0 Å². The first-order chi connectivity index (χ1) is 5.25. The first kappa shape index (κ1) is 8.97. The Kier molecular flexibility index (Phi) is 3.30. The molecule has 1 saturated heterocycles. The van der Waals surface area contributed by atoms with Crippen molar-refractivity contribution in [2.45, 2.75) is 19.0 Å². The van der Waals surface area contributed by atoms with E-state index in [1.807, 2.05) is 0 Å². The average molecular weight is 158 g/mol. The number of nitrogens with one attached hydrogen (secondary N) is 1. The van der Waals surface area contributed by atoms with Crippen molar-refractivity contribution in [3.05, 3.63) is 0 Å². The number of nitrogens with zero attached hydrogens (tertiary/aromatic N) is 1. The lowest BCUT2D eigenvalue weighted by Gasteiger charge is -2.39. The van der Waals surface area contributed by atoms with Gasteiger partial charge in [-0.1, -0.05) is 0 Å². The van der Waals surface area contributed by atoms with Gasteiger partial charge in [-0.2, -0.15) is 0 Å². The van der Waals surface area contributed by atoms with Gasteiger partial charge >= 0.3 is 0 Å². The molecule has 3 nitrogen and oxygen atoms in total. The molecule has 0 bridgehead atoms. The van der Waals surface area contributed by atoms with E-state index in [9.17, 15) is 0 Å². The zero-order valence-electron chi connectivity index (χ0n) is 7.63. The van der Waals surface area contributed by atoms with Crippen LogP contribution < -0.4 is 5.32 Å². The zero-order valence-corrected chi connectivity index (χ0v) is 7.63. The molecular weight excluding hydrogens is 140 g/mol. The molecule has 0 saturated carbocycles. The highest BCUT2D eigenvalue weighted by Crippen LogP contribution is 2.06. The molecule has 0 aromatic carbocycles. The fraction of sp³-hybridized carbons (Fsp3) is 1.00. The van der Waals surface area contributed by atoms with Crippen molar-refractivity contribution < 1.29 is 4.74 Å². The molecule has 0 radical (unpaired) electrons. The van der Waals surface area contributed by atoms with Gasteiger partial charge in [0.25, 0.3) is 0 Å². The molecule has 1 heterocycles. The van der Waals surface area contributed by atoms with Crippen molar-refractivity contribution in [1.82, 2.24) is 10.2 Å². The average Bonchev–Trinajstić information content (AvgIpc) is 1.84. The minimum Gasteiger partial charge on any atom is -0.383 e. The summed E-state index contributed by atoms with van der Waals surface area (Å²) in [7, 11) is 3.92. The monoisotopic (exact) mass is 158 g/mol. The van der Waals surface area contributed by atoms with Crippen molar-refractivity contribution in [2.75, 3.05) is 33.9 Å². The van der Waals surface area contributed by atoms with Crippen molar-refractivity contribution in [3.63, 3.8) is 0 Å². The standard InChI is InChI=1S/C8H18N2O/c1-7(6-11-3)10(2)8-4-9-5-8/h7-9H,4-6H2,1-3H3. The van der Waals surface area contributed by atoms with Gasteiger partial charge in [0.15, 0.2) is 0 Å².